The Morgan fingerprint density at radius 1 is 0.724 bits per heavy atom. The Kier molecular flexibility index (Phi) is 3.08. The Morgan fingerprint density at radius 2 is 1.24 bits per heavy atom. The van der Waals surface area contributed by atoms with Gasteiger partial charge >= 0.3 is 0 Å². The van der Waals surface area contributed by atoms with Gasteiger partial charge in [0.1, 0.15) is 17.7 Å². The monoisotopic (exact) mass is 370 g/mol. The molecule has 2 saturated carbocycles. The normalized spacial score (nSPS) is 26.8. The molecular weight excluding hydrogens is 352 g/mol. The van der Waals surface area contributed by atoms with Crippen LogP contribution in [0.2, 0.25) is 0 Å². The predicted octanol–water partition coefficient (Wildman–Crippen LogP) is 5.60. The van der Waals surface area contributed by atoms with Gasteiger partial charge in [-0.3, -0.25) is 0 Å². The minimum Gasteiger partial charge on any atom is -0.192 e. The van der Waals surface area contributed by atoms with Crippen molar-refractivity contribution in [2.45, 2.75) is 23.7 Å². The van der Waals surface area contributed by atoms with Crippen LogP contribution in [-0.2, 0) is 5.41 Å². The second-order valence-electron chi connectivity index (χ2n) is 8.30. The van der Waals surface area contributed by atoms with E-state index in [-0.39, 0.29) is 16.7 Å². The summed E-state index contributed by atoms with van der Waals surface area (Å²) in [6.45, 7) is 0. The maximum Gasteiger partial charge on any atom is 0.129 e. The third-order valence-electron chi connectivity index (χ3n) is 7.58. The highest BCUT2D eigenvalue weighted by Gasteiger charge is 2.88. The van der Waals surface area contributed by atoms with E-state index in [2.05, 4.69) is 97.1 Å². The highest BCUT2D eigenvalue weighted by atomic mass is 14.9. The predicted molar refractivity (Wildman–Crippen MR) is 111 cm³/mol. The molecule has 1 spiro atoms. The summed E-state index contributed by atoms with van der Waals surface area (Å²) in [7, 11) is 0. The van der Waals surface area contributed by atoms with Crippen LogP contribution in [0.5, 0.6) is 0 Å². The summed E-state index contributed by atoms with van der Waals surface area (Å²) in [5.41, 5.74) is 6.30. The highest BCUT2D eigenvalue weighted by Crippen LogP contribution is 2.93. The van der Waals surface area contributed by atoms with Crippen LogP contribution in [0.4, 0.5) is 0 Å². The number of rotatable bonds is 2. The Morgan fingerprint density at radius 3 is 1.79 bits per heavy atom. The molecule has 2 fully saturated rings. The Bertz CT molecular complexity index is 1200. The summed E-state index contributed by atoms with van der Waals surface area (Å²) in [6.07, 6.45) is 0.811. The minimum atomic E-state index is -0.221. The SMILES string of the molecule is N#CC(C#N)=C1CC2c3ccccc3C3C(c4ccccc4)(c4ccccc4)C123. The van der Waals surface area contributed by atoms with Crippen molar-refractivity contribution in [3.05, 3.63) is 118 Å². The molecule has 2 nitrogen and oxygen atoms in total. The van der Waals surface area contributed by atoms with E-state index in [1.54, 1.807) is 0 Å². The molecule has 0 radical (unpaired) electrons. The van der Waals surface area contributed by atoms with E-state index in [9.17, 15) is 10.5 Å². The number of hydrogen-bond donors (Lipinski definition) is 0. The van der Waals surface area contributed by atoms with Crippen molar-refractivity contribution in [3.63, 3.8) is 0 Å². The first-order chi connectivity index (χ1) is 14.3. The molecular formula is C27H18N2. The number of benzene rings is 3. The van der Waals surface area contributed by atoms with Gasteiger partial charge in [-0.05, 0) is 40.2 Å². The smallest absolute Gasteiger partial charge is 0.129 e. The van der Waals surface area contributed by atoms with E-state index in [1.807, 2.05) is 0 Å². The number of allylic oxidation sites excluding steroid dienone is 2. The number of nitrogens with zero attached hydrogens (tertiary/aromatic N) is 2. The first-order valence-electron chi connectivity index (χ1n) is 10.1. The minimum absolute atomic E-state index is 0.194. The van der Waals surface area contributed by atoms with Crippen LogP contribution in [0.3, 0.4) is 0 Å². The maximum atomic E-state index is 9.71. The van der Waals surface area contributed by atoms with Crippen molar-refractivity contribution < 1.29 is 0 Å². The summed E-state index contributed by atoms with van der Waals surface area (Å²) < 4.78 is 0. The fraction of sp³-hybridized carbons (Fsp3) is 0.185. The van der Waals surface area contributed by atoms with Crippen LogP contribution < -0.4 is 0 Å². The molecule has 2 heteroatoms. The number of fused-ring (bicyclic) bond motifs is 3. The van der Waals surface area contributed by atoms with Gasteiger partial charge in [0.25, 0.3) is 0 Å². The fourth-order valence-corrected chi connectivity index (χ4v) is 6.77. The van der Waals surface area contributed by atoms with Gasteiger partial charge in [-0.25, -0.2) is 0 Å². The van der Waals surface area contributed by atoms with Gasteiger partial charge in [-0.15, -0.1) is 0 Å². The third kappa shape index (κ3) is 1.64. The lowest BCUT2D eigenvalue weighted by atomic mass is 9.57. The Hall–Kier alpha value is -3.62. The first-order valence-corrected chi connectivity index (χ1v) is 10.1. The van der Waals surface area contributed by atoms with Crippen LogP contribution in [0.1, 0.15) is 40.5 Å². The van der Waals surface area contributed by atoms with Gasteiger partial charge in [0.15, 0.2) is 0 Å². The molecule has 3 aromatic rings. The molecule has 0 bridgehead atoms. The van der Waals surface area contributed by atoms with Crippen molar-refractivity contribution in [3.8, 4) is 12.1 Å². The average Bonchev–Trinajstić information content (AvgIpc) is 3.40. The van der Waals surface area contributed by atoms with Gasteiger partial charge in [0, 0.05) is 16.7 Å². The van der Waals surface area contributed by atoms with Crippen molar-refractivity contribution >= 4 is 0 Å². The topological polar surface area (TPSA) is 47.6 Å². The zero-order valence-electron chi connectivity index (χ0n) is 15.8. The van der Waals surface area contributed by atoms with Crippen LogP contribution >= 0.6 is 0 Å². The van der Waals surface area contributed by atoms with Crippen LogP contribution in [0, 0.1) is 28.1 Å². The van der Waals surface area contributed by atoms with E-state index in [0.29, 0.717) is 11.5 Å². The van der Waals surface area contributed by atoms with Crippen molar-refractivity contribution in [1.82, 2.24) is 0 Å². The zero-order chi connectivity index (χ0) is 19.6. The lowest BCUT2D eigenvalue weighted by molar-refractivity contribution is 0.315. The lowest BCUT2D eigenvalue weighted by Gasteiger charge is -2.44. The van der Waals surface area contributed by atoms with Gasteiger partial charge in [0.2, 0.25) is 0 Å². The van der Waals surface area contributed by atoms with Gasteiger partial charge < -0.3 is 0 Å². The second kappa shape index (κ2) is 5.47. The highest BCUT2D eigenvalue weighted by molar-refractivity contribution is 5.76. The standard InChI is InChI=1S/C27H18N2/c28-16-18(17-29)23-15-24-21-13-7-8-14-22(21)25-26(27(23,24)25,19-9-3-1-4-10-19)20-11-5-2-6-12-20/h1-14,24-25H,15H2. The molecule has 3 aliphatic rings. The van der Waals surface area contributed by atoms with Gasteiger partial charge in [-0.2, -0.15) is 10.5 Å². The van der Waals surface area contributed by atoms with Gasteiger partial charge in [0.05, 0.1) is 0 Å². The van der Waals surface area contributed by atoms with Crippen LogP contribution in [0.25, 0.3) is 0 Å². The Labute approximate surface area is 170 Å². The fourth-order valence-electron chi connectivity index (χ4n) is 6.77. The largest absolute Gasteiger partial charge is 0.192 e. The molecule has 0 amide bonds. The maximum absolute atomic E-state index is 9.71. The summed E-state index contributed by atoms with van der Waals surface area (Å²) >= 11 is 0. The van der Waals surface area contributed by atoms with E-state index in [1.165, 1.54) is 22.3 Å². The third-order valence-corrected chi connectivity index (χ3v) is 7.58. The quantitative estimate of drug-likeness (QED) is 0.551. The lowest BCUT2D eigenvalue weighted by Crippen LogP contribution is -2.37. The molecule has 3 unspecified atom stereocenters. The van der Waals surface area contributed by atoms with Gasteiger partial charge in [-0.1, -0.05) is 84.9 Å². The molecule has 3 atom stereocenters. The molecule has 136 valence electrons. The Balaban J connectivity index is 1.72. The van der Waals surface area contributed by atoms with Crippen LogP contribution in [0.15, 0.2) is 96.1 Å². The van der Waals surface area contributed by atoms with E-state index < -0.39 is 0 Å². The van der Waals surface area contributed by atoms with Crippen LogP contribution in [-0.4, -0.2) is 0 Å². The molecule has 3 aromatic carbocycles. The molecule has 0 heterocycles. The summed E-state index contributed by atoms with van der Waals surface area (Å²) in [5, 5.41) is 19.4. The molecule has 0 N–H and O–H groups in total. The van der Waals surface area contributed by atoms with E-state index >= 15 is 0 Å². The zero-order valence-corrected chi connectivity index (χ0v) is 15.8. The molecule has 0 saturated heterocycles. The molecule has 0 aliphatic heterocycles. The first kappa shape index (κ1) is 16.3. The second-order valence-corrected chi connectivity index (χ2v) is 8.30. The van der Waals surface area contributed by atoms with Crippen molar-refractivity contribution in [2.75, 3.05) is 0 Å². The molecule has 6 rings (SSSR count). The summed E-state index contributed by atoms with van der Waals surface area (Å²) in [6, 6.07) is 34.5. The van der Waals surface area contributed by atoms with E-state index in [4.69, 9.17) is 0 Å². The van der Waals surface area contributed by atoms with Crippen molar-refractivity contribution in [1.29, 1.82) is 10.5 Å². The molecule has 0 aromatic heterocycles. The summed E-state index contributed by atoms with van der Waals surface area (Å²) in [4.78, 5) is 0. The van der Waals surface area contributed by atoms with Crippen molar-refractivity contribution in [2.24, 2.45) is 5.41 Å². The number of nitriles is 2. The summed E-state index contributed by atoms with van der Waals surface area (Å²) in [5.74, 6) is 0.622. The molecule has 29 heavy (non-hydrogen) atoms. The average molecular weight is 370 g/mol. The van der Waals surface area contributed by atoms with E-state index in [0.717, 1.165) is 12.0 Å². The number of hydrogen-bond acceptors (Lipinski definition) is 2. The molecule has 3 aliphatic carbocycles.